The quantitative estimate of drug-likeness (QED) is 0.742. The van der Waals surface area contributed by atoms with Gasteiger partial charge in [-0.3, -0.25) is 0 Å². The van der Waals surface area contributed by atoms with Gasteiger partial charge in [-0.15, -0.1) is 0 Å². The third kappa shape index (κ3) is 1.44. The van der Waals surface area contributed by atoms with E-state index in [0.717, 1.165) is 29.7 Å². The molecular formula is C11H13N2. The number of nitrogens with one attached hydrogen (secondary N) is 1. The molecule has 2 aromatic rings. The molecule has 13 heavy (non-hydrogen) atoms. The number of imidazole rings is 1. The van der Waals surface area contributed by atoms with Crippen LogP contribution in [0.4, 0.5) is 0 Å². The van der Waals surface area contributed by atoms with E-state index in [1.54, 1.807) is 0 Å². The molecule has 1 aromatic carbocycles. The molecule has 67 valence electrons. The molecule has 0 amide bonds. The summed E-state index contributed by atoms with van der Waals surface area (Å²) in [7, 11) is 0. The van der Waals surface area contributed by atoms with E-state index in [2.05, 4.69) is 42.0 Å². The average Bonchev–Trinajstić information content (AvgIpc) is 2.58. The van der Waals surface area contributed by atoms with Crippen LogP contribution in [-0.2, 0) is 12.8 Å². The average molecular weight is 173 g/mol. The molecule has 0 unspecified atom stereocenters. The minimum Gasteiger partial charge on any atom is -0.342 e. The fourth-order valence-corrected chi connectivity index (χ4v) is 1.44. The second kappa shape index (κ2) is 3.21. The third-order valence-electron chi connectivity index (χ3n) is 2.24. The third-order valence-corrected chi connectivity index (χ3v) is 2.24. The number of hydrogen-bond donors (Lipinski definition) is 1. The van der Waals surface area contributed by atoms with Crippen LogP contribution in [0.5, 0.6) is 0 Å². The highest BCUT2D eigenvalue weighted by Crippen LogP contribution is 2.14. The highest BCUT2D eigenvalue weighted by atomic mass is 14.9. The van der Waals surface area contributed by atoms with Crippen molar-refractivity contribution in [1.82, 2.24) is 9.97 Å². The fraction of sp³-hybridized carbons (Fsp3) is 0.273. The van der Waals surface area contributed by atoms with Crippen molar-refractivity contribution < 1.29 is 0 Å². The molecule has 0 saturated heterocycles. The maximum absolute atomic E-state index is 4.42. The highest BCUT2D eigenvalue weighted by molar-refractivity contribution is 5.75. The molecule has 1 aromatic heterocycles. The SMILES string of the molecule is [CH2]Cc1nc2cc(CC)ccc2[nH]1. The van der Waals surface area contributed by atoms with Crippen LogP contribution in [0, 0.1) is 6.92 Å². The Kier molecular flexibility index (Phi) is 2.05. The predicted molar refractivity (Wildman–Crippen MR) is 54.5 cm³/mol. The Morgan fingerprint density at radius 1 is 1.46 bits per heavy atom. The molecule has 2 rings (SSSR count). The summed E-state index contributed by atoms with van der Waals surface area (Å²) >= 11 is 0. The lowest BCUT2D eigenvalue weighted by molar-refractivity contribution is 1.07. The smallest absolute Gasteiger partial charge is 0.107 e. The van der Waals surface area contributed by atoms with Crippen LogP contribution in [0.1, 0.15) is 18.3 Å². The number of aromatic amines is 1. The lowest BCUT2D eigenvalue weighted by Crippen LogP contribution is -1.80. The number of fused-ring (bicyclic) bond motifs is 1. The van der Waals surface area contributed by atoms with Crippen molar-refractivity contribution in [3.63, 3.8) is 0 Å². The van der Waals surface area contributed by atoms with E-state index >= 15 is 0 Å². The molecule has 0 saturated carbocycles. The summed E-state index contributed by atoms with van der Waals surface area (Å²) < 4.78 is 0. The number of aromatic nitrogens is 2. The highest BCUT2D eigenvalue weighted by Gasteiger charge is 2.00. The van der Waals surface area contributed by atoms with Gasteiger partial charge in [-0.05, 0) is 31.0 Å². The van der Waals surface area contributed by atoms with E-state index in [9.17, 15) is 0 Å². The summed E-state index contributed by atoms with van der Waals surface area (Å²) in [6.07, 6.45) is 1.78. The largest absolute Gasteiger partial charge is 0.342 e. The molecule has 0 fully saturated rings. The first-order valence-electron chi connectivity index (χ1n) is 4.60. The van der Waals surface area contributed by atoms with Crippen LogP contribution < -0.4 is 0 Å². The molecule has 0 spiro atoms. The Morgan fingerprint density at radius 3 is 3.00 bits per heavy atom. The summed E-state index contributed by atoms with van der Waals surface area (Å²) in [6.45, 7) is 5.95. The Bertz CT molecular complexity index is 413. The van der Waals surface area contributed by atoms with Crippen LogP contribution in [0.2, 0.25) is 0 Å². The number of hydrogen-bond acceptors (Lipinski definition) is 1. The second-order valence-corrected chi connectivity index (χ2v) is 3.14. The van der Waals surface area contributed by atoms with Gasteiger partial charge in [0.05, 0.1) is 11.0 Å². The van der Waals surface area contributed by atoms with Crippen molar-refractivity contribution in [3.05, 3.63) is 36.5 Å². The summed E-state index contributed by atoms with van der Waals surface area (Å²) in [4.78, 5) is 7.64. The van der Waals surface area contributed by atoms with Gasteiger partial charge in [-0.25, -0.2) is 4.98 Å². The molecule has 0 bridgehead atoms. The maximum atomic E-state index is 4.42. The molecular weight excluding hydrogens is 160 g/mol. The lowest BCUT2D eigenvalue weighted by Gasteiger charge is -1.93. The first-order chi connectivity index (χ1) is 6.33. The fourth-order valence-electron chi connectivity index (χ4n) is 1.44. The van der Waals surface area contributed by atoms with Crippen molar-refractivity contribution in [2.24, 2.45) is 0 Å². The van der Waals surface area contributed by atoms with Gasteiger partial charge in [-0.2, -0.15) is 0 Å². The van der Waals surface area contributed by atoms with Gasteiger partial charge in [0, 0.05) is 6.42 Å². The molecule has 0 atom stereocenters. The van der Waals surface area contributed by atoms with E-state index in [1.165, 1.54) is 5.56 Å². The van der Waals surface area contributed by atoms with Crippen LogP contribution in [0.3, 0.4) is 0 Å². The van der Waals surface area contributed by atoms with Crippen molar-refractivity contribution in [2.45, 2.75) is 19.8 Å². The van der Waals surface area contributed by atoms with Gasteiger partial charge >= 0.3 is 0 Å². The van der Waals surface area contributed by atoms with Crippen LogP contribution in [0.15, 0.2) is 18.2 Å². The van der Waals surface area contributed by atoms with Crippen molar-refractivity contribution >= 4 is 11.0 Å². The van der Waals surface area contributed by atoms with Gasteiger partial charge in [-0.1, -0.05) is 13.0 Å². The topological polar surface area (TPSA) is 28.7 Å². The minimum atomic E-state index is 0.718. The van der Waals surface area contributed by atoms with E-state index < -0.39 is 0 Å². The van der Waals surface area contributed by atoms with Gasteiger partial charge in [0.2, 0.25) is 0 Å². The zero-order chi connectivity index (χ0) is 9.26. The summed E-state index contributed by atoms with van der Waals surface area (Å²) in [5.41, 5.74) is 3.49. The standard InChI is InChI=1S/C11H13N2/c1-3-8-5-6-9-10(7-8)13-11(4-2)12-9/h5-7H,2-4H2,1H3,(H,12,13). The molecule has 0 aliphatic carbocycles. The first kappa shape index (κ1) is 8.30. The first-order valence-corrected chi connectivity index (χ1v) is 4.60. The predicted octanol–water partition coefficient (Wildman–Crippen LogP) is 2.50. The number of rotatable bonds is 2. The molecule has 0 aliphatic rings. The molecule has 2 heteroatoms. The van der Waals surface area contributed by atoms with Crippen LogP contribution in [0.25, 0.3) is 11.0 Å². The summed E-state index contributed by atoms with van der Waals surface area (Å²) in [5, 5.41) is 0. The van der Waals surface area contributed by atoms with Crippen LogP contribution >= 0.6 is 0 Å². The molecule has 0 aliphatic heterocycles. The number of nitrogens with zero attached hydrogens (tertiary/aromatic N) is 1. The van der Waals surface area contributed by atoms with Gasteiger partial charge in [0.1, 0.15) is 5.82 Å². The number of benzene rings is 1. The monoisotopic (exact) mass is 173 g/mol. The maximum Gasteiger partial charge on any atom is 0.107 e. The Labute approximate surface area is 78.0 Å². The Hall–Kier alpha value is -1.31. The zero-order valence-corrected chi connectivity index (χ0v) is 7.80. The van der Waals surface area contributed by atoms with E-state index in [-0.39, 0.29) is 0 Å². The molecule has 1 N–H and O–H groups in total. The van der Waals surface area contributed by atoms with E-state index in [4.69, 9.17) is 0 Å². The lowest BCUT2D eigenvalue weighted by atomic mass is 10.1. The van der Waals surface area contributed by atoms with Crippen molar-refractivity contribution in [1.29, 1.82) is 0 Å². The molecule has 1 heterocycles. The van der Waals surface area contributed by atoms with Crippen molar-refractivity contribution in [3.8, 4) is 0 Å². The summed E-state index contributed by atoms with van der Waals surface area (Å²) in [5.74, 6) is 0.961. The Morgan fingerprint density at radius 2 is 2.31 bits per heavy atom. The summed E-state index contributed by atoms with van der Waals surface area (Å²) in [6, 6.07) is 6.35. The van der Waals surface area contributed by atoms with Crippen molar-refractivity contribution in [2.75, 3.05) is 0 Å². The molecule has 2 nitrogen and oxygen atoms in total. The molecule has 1 radical (unpaired) electrons. The number of aryl methyl sites for hydroxylation is 1. The second-order valence-electron chi connectivity index (χ2n) is 3.14. The van der Waals surface area contributed by atoms with Gasteiger partial charge in [0.25, 0.3) is 0 Å². The van der Waals surface area contributed by atoms with E-state index in [0.29, 0.717) is 0 Å². The minimum absolute atomic E-state index is 0.718. The van der Waals surface area contributed by atoms with E-state index in [1.807, 2.05) is 0 Å². The Balaban J connectivity index is 2.57. The van der Waals surface area contributed by atoms with Gasteiger partial charge in [0.15, 0.2) is 0 Å². The zero-order valence-electron chi connectivity index (χ0n) is 7.80. The van der Waals surface area contributed by atoms with Gasteiger partial charge < -0.3 is 4.98 Å². The normalized spacial score (nSPS) is 10.9. The van der Waals surface area contributed by atoms with Crippen LogP contribution in [-0.4, -0.2) is 9.97 Å². The number of H-pyrrole nitrogens is 1.